The maximum absolute atomic E-state index is 12.4. The van der Waals surface area contributed by atoms with Crippen molar-refractivity contribution in [2.45, 2.75) is 30.4 Å². The fraction of sp³-hybridized carbons (Fsp3) is 0.318. The molecule has 1 atom stereocenters. The first-order valence-electron chi connectivity index (χ1n) is 10.2. The first kappa shape index (κ1) is 20.3. The van der Waals surface area contributed by atoms with Crippen LogP contribution in [0.25, 0.3) is 10.2 Å². The average molecular weight is 455 g/mol. The largest absolute Gasteiger partial charge is 0.444 e. The van der Waals surface area contributed by atoms with Gasteiger partial charge in [0.2, 0.25) is 5.91 Å². The molecular formula is C22H22N4O3S2. The van der Waals surface area contributed by atoms with Crippen molar-refractivity contribution in [1.29, 1.82) is 0 Å². The molecule has 3 aromatic rings. The number of pyridine rings is 1. The van der Waals surface area contributed by atoms with Crippen LogP contribution < -0.4 is 15.5 Å². The molecule has 1 fully saturated rings. The zero-order valence-corrected chi connectivity index (χ0v) is 18.4. The molecular weight excluding hydrogens is 432 g/mol. The molecule has 2 aliphatic heterocycles. The molecule has 2 aliphatic rings. The number of thiophene rings is 1. The van der Waals surface area contributed by atoms with Gasteiger partial charge < -0.3 is 15.4 Å². The zero-order chi connectivity index (χ0) is 21.2. The molecule has 1 aromatic carbocycles. The molecule has 31 heavy (non-hydrogen) atoms. The van der Waals surface area contributed by atoms with Gasteiger partial charge in [0.05, 0.1) is 18.0 Å². The van der Waals surface area contributed by atoms with Gasteiger partial charge in [-0.15, -0.1) is 23.1 Å². The fourth-order valence-electron chi connectivity index (χ4n) is 3.80. The lowest BCUT2D eigenvalue weighted by Gasteiger charge is -2.19. The number of benzene rings is 1. The van der Waals surface area contributed by atoms with Crippen LogP contribution in [-0.4, -0.2) is 41.9 Å². The Morgan fingerprint density at radius 2 is 2.19 bits per heavy atom. The number of thioether (sulfide) groups is 1. The van der Waals surface area contributed by atoms with E-state index in [0.717, 1.165) is 47.0 Å². The summed E-state index contributed by atoms with van der Waals surface area (Å²) < 4.78 is 5.56. The highest BCUT2D eigenvalue weighted by Crippen LogP contribution is 2.35. The molecule has 4 heterocycles. The Labute approximate surface area is 188 Å². The maximum atomic E-state index is 12.4. The number of ether oxygens (including phenoxy) is 1. The highest BCUT2D eigenvalue weighted by atomic mass is 32.2. The van der Waals surface area contributed by atoms with E-state index in [0.29, 0.717) is 12.3 Å². The third-order valence-corrected chi connectivity index (χ3v) is 7.44. The summed E-state index contributed by atoms with van der Waals surface area (Å²) in [7, 11) is 0. The standard InChI is InChI=1S/C22H22N4O3S2/c27-20-13-30-19-6-5-15(10-18(19)25-20)26-12-16(29-22(26)28)4-2-7-23-11-17-9-14-3-1-8-24-21(14)31-17/h1,3,5-6,8-10,16,23H,2,4,7,11-13H2,(H,25,27). The molecule has 0 aliphatic carbocycles. The molecule has 2 aromatic heterocycles. The van der Waals surface area contributed by atoms with Gasteiger partial charge in [-0.2, -0.15) is 0 Å². The van der Waals surface area contributed by atoms with Crippen molar-refractivity contribution >= 4 is 56.7 Å². The molecule has 5 rings (SSSR count). The summed E-state index contributed by atoms with van der Waals surface area (Å²) in [6, 6.07) is 11.9. The van der Waals surface area contributed by atoms with Crippen LogP contribution in [0.15, 0.2) is 47.5 Å². The van der Waals surface area contributed by atoms with Crippen molar-refractivity contribution in [3.05, 3.63) is 47.5 Å². The van der Waals surface area contributed by atoms with Crippen LogP contribution in [0.1, 0.15) is 17.7 Å². The van der Waals surface area contributed by atoms with Gasteiger partial charge in [-0.1, -0.05) is 6.07 Å². The van der Waals surface area contributed by atoms with Gasteiger partial charge in [-0.25, -0.2) is 9.78 Å². The molecule has 160 valence electrons. The van der Waals surface area contributed by atoms with E-state index in [2.05, 4.69) is 27.8 Å². The smallest absolute Gasteiger partial charge is 0.414 e. The van der Waals surface area contributed by atoms with Crippen LogP contribution >= 0.6 is 23.1 Å². The highest BCUT2D eigenvalue weighted by Gasteiger charge is 2.32. The van der Waals surface area contributed by atoms with E-state index in [-0.39, 0.29) is 18.1 Å². The number of amides is 2. The first-order chi connectivity index (χ1) is 15.2. The quantitative estimate of drug-likeness (QED) is 0.520. The first-order valence-corrected chi connectivity index (χ1v) is 12.0. The van der Waals surface area contributed by atoms with E-state index in [4.69, 9.17) is 4.74 Å². The van der Waals surface area contributed by atoms with Crippen molar-refractivity contribution in [2.75, 3.05) is 29.1 Å². The highest BCUT2D eigenvalue weighted by molar-refractivity contribution is 8.00. The number of carbonyl (C=O) groups is 2. The monoisotopic (exact) mass is 454 g/mol. The summed E-state index contributed by atoms with van der Waals surface area (Å²) in [5.41, 5.74) is 1.51. The maximum Gasteiger partial charge on any atom is 0.414 e. The average Bonchev–Trinajstić information content (AvgIpc) is 3.35. The Hall–Kier alpha value is -2.62. The van der Waals surface area contributed by atoms with Gasteiger partial charge in [0, 0.05) is 33.6 Å². The predicted molar refractivity (Wildman–Crippen MR) is 124 cm³/mol. The van der Waals surface area contributed by atoms with Crippen LogP contribution in [0.5, 0.6) is 0 Å². The molecule has 0 bridgehead atoms. The van der Waals surface area contributed by atoms with Gasteiger partial charge in [-0.05, 0) is 49.7 Å². The Balaban J connectivity index is 1.10. The Morgan fingerprint density at radius 3 is 3.10 bits per heavy atom. The Bertz CT molecular complexity index is 1100. The van der Waals surface area contributed by atoms with Gasteiger partial charge >= 0.3 is 6.09 Å². The molecule has 2 amide bonds. The molecule has 0 saturated carbocycles. The second-order valence-corrected chi connectivity index (χ2v) is 9.70. The third-order valence-electron chi connectivity index (χ3n) is 5.31. The molecule has 7 nitrogen and oxygen atoms in total. The van der Waals surface area contributed by atoms with Crippen LogP contribution in [0.3, 0.4) is 0 Å². The number of rotatable bonds is 7. The Morgan fingerprint density at radius 1 is 1.26 bits per heavy atom. The minimum absolute atomic E-state index is 0.0177. The Kier molecular flexibility index (Phi) is 5.80. The summed E-state index contributed by atoms with van der Waals surface area (Å²) in [6.45, 7) is 2.20. The van der Waals surface area contributed by atoms with E-state index < -0.39 is 0 Å². The third kappa shape index (κ3) is 4.53. The lowest BCUT2D eigenvalue weighted by atomic mass is 10.2. The number of fused-ring (bicyclic) bond motifs is 2. The molecule has 0 radical (unpaired) electrons. The predicted octanol–water partition coefficient (Wildman–Crippen LogP) is 4.24. The summed E-state index contributed by atoms with van der Waals surface area (Å²) in [6.07, 6.45) is 3.10. The van der Waals surface area contributed by atoms with Crippen molar-refractivity contribution in [2.24, 2.45) is 0 Å². The van der Waals surface area contributed by atoms with E-state index in [1.54, 1.807) is 16.2 Å². The van der Waals surface area contributed by atoms with E-state index in [1.165, 1.54) is 22.0 Å². The van der Waals surface area contributed by atoms with Gasteiger partial charge in [0.15, 0.2) is 0 Å². The normalized spacial score (nSPS) is 18.2. The molecule has 1 unspecified atom stereocenters. The zero-order valence-electron chi connectivity index (χ0n) is 16.8. The van der Waals surface area contributed by atoms with Crippen LogP contribution in [-0.2, 0) is 16.1 Å². The van der Waals surface area contributed by atoms with E-state index in [1.807, 2.05) is 30.5 Å². The second-order valence-electron chi connectivity index (χ2n) is 7.56. The summed E-state index contributed by atoms with van der Waals surface area (Å²) in [5.74, 6) is 0.407. The van der Waals surface area contributed by atoms with Crippen LogP contribution in [0.2, 0.25) is 0 Å². The van der Waals surface area contributed by atoms with Crippen molar-refractivity contribution in [3.63, 3.8) is 0 Å². The number of aromatic nitrogens is 1. The summed E-state index contributed by atoms with van der Waals surface area (Å²) in [5, 5.41) is 7.52. The topological polar surface area (TPSA) is 83.6 Å². The minimum atomic E-state index is -0.328. The number of nitrogens with one attached hydrogen (secondary N) is 2. The van der Waals surface area contributed by atoms with Crippen molar-refractivity contribution < 1.29 is 14.3 Å². The molecule has 0 spiro atoms. The van der Waals surface area contributed by atoms with E-state index in [9.17, 15) is 9.59 Å². The minimum Gasteiger partial charge on any atom is -0.444 e. The van der Waals surface area contributed by atoms with Crippen LogP contribution in [0.4, 0.5) is 16.2 Å². The van der Waals surface area contributed by atoms with Crippen molar-refractivity contribution in [1.82, 2.24) is 10.3 Å². The number of cyclic esters (lactones) is 1. The number of carbonyl (C=O) groups excluding carboxylic acids is 2. The van der Waals surface area contributed by atoms with Crippen molar-refractivity contribution in [3.8, 4) is 0 Å². The summed E-state index contributed by atoms with van der Waals surface area (Å²) in [4.78, 5) is 33.4. The number of anilines is 2. The lowest BCUT2D eigenvalue weighted by molar-refractivity contribution is -0.113. The lowest BCUT2D eigenvalue weighted by Crippen LogP contribution is -2.25. The SMILES string of the molecule is O=C1CSc2ccc(N3CC(CCCNCc4cc5cccnc5s4)OC3=O)cc2N1. The molecule has 9 heteroatoms. The van der Waals surface area contributed by atoms with Gasteiger partial charge in [0.25, 0.3) is 0 Å². The number of hydrogen-bond donors (Lipinski definition) is 2. The van der Waals surface area contributed by atoms with Crippen LogP contribution in [0, 0.1) is 0 Å². The summed E-state index contributed by atoms with van der Waals surface area (Å²) >= 11 is 3.22. The molecule has 1 saturated heterocycles. The second kappa shape index (κ2) is 8.86. The van der Waals surface area contributed by atoms with Gasteiger partial charge in [0.1, 0.15) is 10.9 Å². The molecule has 2 N–H and O–H groups in total. The fourth-order valence-corrected chi connectivity index (χ4v) is 5.56. The number of hydrogen-bond acceptors (Lipinski definition) is 7. The number of nitrogens with zero attached hydrogens (tertiary/aromatic N) is 2. The van der Waals surface area contributed by atoms with E-state index >= 15 is 0 Å². The van der Waals surface area contributed by atoms with Gasteiger partial charge in [-0.3, -0.25) is 9.69 Å².